The quantitative estimate of drug-likeness (QED) is 0.739. The topological polar surface area (TPSA) is 74.3 Å². The SMILES string of the molecule is COC(=O)c1ccccc1N(C)C(=O)c1cc(OC)c(OC)c(OC)c1. The number of ether oxygens (including phenoxy) is 4. The van der Waals surface area contributed by atoms with Gasteiger partial charge >= 0.3 is 5.97 Å². The molecule has 0 atom stereocenters. The second-order valence-corrected chi connectivity index (χ2v) is 5.29. The van der Waals surface area contributed by atoms with Crippen molar-refractivity contribution in [1.29, 1.82) is 0 Å². The summed E-state index contributed by atoms with van der Waals surface area (Å²) in [5.41, 5.74) is 1.04. The van der Waals surface area contributed by atoms with E-state index in [4.69, 9.17) is 18.9 Å². The van der Waals surface area contributed by atoms with Crippen molar-refractivity contribution in [1.82, 2.24) is 0 Å². The van der Waals surface area contributed by atoms with Crippen LogP contribution in [-0.2, 0) is 4.74 Å². The van der Waals surface area contributed by atoms with Gasteiger partial charge in [0.15, 0.2) is 11.5 Å². The first-order valence-corrected chi connectivity index (χ1v) is 7.73. The van der Waals surface area contributed by atoms with Gasteiger partial charge in [-0.1, -0.05) is 12.1 Å². The van der Waals surface area contributed by atoms with Crippen LogP contribution in [0.1, 0.15) is 20.7 Å². The predicted octanol–water partition coefficient (Wildman–Crippen LogP) is 2.78. The third-order valence-electron chi connectivity index (χ3n) is 3.89. The van der Waals surface area contributed by atoms with Crippen LogP contribution in [0.3, 0.4) is 0 Å². The minimum Gasteiger partial charge on any atom is -0.493 e. The first kappa shape index (κ1) is 19.1. The zero-order chi connectivity index (χ0) is 19.3. The third kappa shape index (κ3) is 3.56. The minimum atomic E-state index is -0.523. The average Bonchev–Trinajstić information content (AvgIpc) is 2.70. The van der Waals surface area contributed by atoms with Crippen molar-refractivity contribution in [3.05, 3.63) is 47.5 Å². The van der Waals surface area contributed by atoms with E-state index in [-0.39, 0.29) is 5.91 Å². The number of carbonyl (C=O) groups excluding carboxylic acids is 2. The number of carbonyl (C=O) groups is 2. The smallest absolute Gasteiger partial charge is 0.339 e. The molecule has 0 unspecified atom stereocenters. The van der Waals surface area contributed by atoms with Crippen molar-refractivity contribution in [2.75, 3.05) is 40.4 Å². The van der Waals surface area contributed by atoms with Crippen LogP contribution >= 0.6 is 0 Å². The summed E-state index contributed by atoms with van der Waals surface area (Å²) >= 11 is 0. The third-order valence-corrected chi connectivity index (χ3v) is 3.89. The molecule has 0 aromatic heterocycles. The normalized spacial score (nSPS) is 10.0. The summed E-state index contributed by atoms with van der Waals surface area (Å²) in [6, 6.07) is 9.82. The molecular formula is C19H21NO6. The second kappa shape index (κ2) is 8.24. The fraction of sp³-hybridized carbons (Fsp3) is 0.263. The van der Waals surface area contributed by atoms with Gasteiger partial charge < -0.3 is 23.8 Å². The highest BCUT2D eigenvalue weighted by Crippen LogP contribution is 2.38. The van der Waals surface area contributed by atoms with Gasteiger partial charge in [0.2, 0.25) is 5.75 Å². The van der Waals surface area contributed by atoms with Crippen LogP contribution in [0.5, 0.6) is 17.2 Å². The van der Waals surface area contributed by atoms with E-state index in [1.165, 1.54) is 33.3 Å². The molecule has 7 nitrogen and oxygen atoms in total. The number of nitrogens with zero attached hydrogens (tertiary/aromatic N) is 1. The maximum atomic E-state index is 13.0. The van der Waals surface area contributed by atoms with Crippen molar-refractivity contribution in [2.24, 2.45) is 0 Å². The lowest BCUT2D eigenvalue weighted by molar-refractivity contribution is 0.0601. The van der Waals surface area contributed by atoms with E-state index < -0.39 is 5.97 Å². The van der Waals surface area contributed by atoms with Gasteiger partial charge in [0.05, 0.1) is 39.7 Å². The maximum absolute atomic E-state index is 13.0. The molecule has 0 N–H and O–H groups in total. The molecule has 138 valence electrons. The average molecular weight is 359 g/mol. The molecule has 7 heteroatoms. The Hall–Kier alpha value is -3.22. The highest BCUT2D eigenvalue weighted by atomic mass is 16.5. The van der Waals surface area contributed by atoms with Gasteiger partial charge in [-0.05, 0) is 24.3 Å². The van der Waals surface area contributed by atoms with Crippen LogP contribution in [-0.4, -0.2) is 47.4 Å². The van der Waals surface area contributed by atoms with Crippen LogP contribution in [0, 0.1) is 0 Å². The lowest BCUT2D eigenvalue weighted by Crippen LogP contribution is -2.28. The molecule has 2 aromatic carbocycles. The van der Waals surface area contributed by atoms with E-state index in [0.29, 0.717) is 34.1 Å². The number of hydrogen-bond donors (Lipinski definition) is 0. The molecule has 0 saturated heterocycles. The summed E-state index contributed by atoms with van der Waals surface area (Å²) in [5, 5.41) is 0. The summed E-state index contributed by atoms with van der Waals surface area (Å²) in [6.45, 7) is 0. The fourth-order valence-corrected chi connectivity index (χ4v) is 2.56. The zero-order valence-electron chi connectivity index (χ0n) is 15.4. The number of para-hydroxylation sites is 1. The summed E-state index contributed by atoms with van der Waals surface area (Å²) in [5.74, 6) is 0.254. The Morgan fingerprint density at radius 2 is 1.46 bits per heavy atom. The highest BCUT2D eigenvalue weighted by Gasteiger charge is 2.23. The predicted molar refractivity (Wildman–Crippen MR) is 96.6 cm³/mol. The van der Waals surface area contributed by atoms with Gasteiger partial charge in [0, 0.05) is 12.6 Å². The van der Waals surface area contributed by atoms with E-state index >= 15 is 0 Å². The van der Waals surface area contributed by atoms with E-state index in [0.717, 1.165) is 0 Å². The Morgan fingerprint density at radius 1 is 0.885 bits per heavy atom. The summed E-state index contributed by atoms with van der Waals surface area (Å²) in [4.78, 5) is 26.3. The van der Waals surface area contributed by atoms with Gasteiger partial charge in [0.1, 0.15) is 0 Å². The zero-order valence-corrected chi connectivity index (χ0v) is 15.4. The second-order valence-electron chi connectivity index (χ2n) is 5.29. The molecule has 1 amide bonds. The van der Waals surface area contributed by atoms with Crippen molar-refractivity contribution >= 4 is 17.6 Å². The van der Waals surface area contributed by atoms with Crippen molar-refractivity contribution in [3.8, 4) is 17.2 Å². The molecule has 0 heterocycles. The lowest BCUT2D eigenvalue weighted by atomic mass is 10.1. The monoisotopic (exact) mass is 359 g/mol. The minimum absolute atomic E-state index is 0.290. The number of rotatable bonds is 6. The molecule has 2 rings (SSSR count). The highest BCUT2D eigenvalue weighted by molar-refractivity contribution is 6.09. The van der Waals surface area contributed by atoms with Gasteiger partial charge in [-0.3, -0.25) is 4.79 Å². The Kier molecular flexibility index (Phi) is 6.06. The largest absolute Gasteiger partial charge is 0.493 e. The number of anilines is 1. The van der Waals surface area contributed by atoms with Crippen LogP contribution in [0.4, 0.5) is 5.69 Å². The number of amides is 1. The first-order valence-electron chi connectivity index (χ1n) is 7.73. The van der Waals surface area contributed by atoms with Crippen molar-refractivity contribution in [3.63, 3.8) is 0 Å². The van der Waals surface area contributed by atoms with Crippen molar-refractivity contribution < 1.29 is 28.5 Å². The molecule has 0 fully saturated rings. The number of benzene rings is 2. The maximum Gasteiger partial charge on any atom is 0.339 e. The molecule has 0 bridgehead atoms. The molecular weight excluding hydrogens is 338 g/mol. The van der Waals surface area contributed by atoms with Crippen LogP contribution in [0.2, 0.25) is 0 Å². The van der Waals surface area contributed by atoms with E-state index in [9.17, 15) is 9.59 Å². The molecule has 0 aliphatic rings. The van der Waals surface area contributed by atoms with E-state index in [1.807, 2.05) is 0 Å². The van der Waals surface area contributed by atoms with E-state index in [2.05, 4.69) is 0 Å². The molecule has 0 aliphatic heterocycles. The van der Waals surface area contributed by atoms with Crippen LogP contribution < -0.4 is 19.1 Å². The van der Waals surface area contributed by atoms with Crippen molar-refractivity contribution in [2.45, 2.75) is 0 Å². The molecule has 2 aromatic rings. The summed E-state index contributed by atoms with van der Waals surface area (Å²) < 4.78 is 20.6. The number of hydrogen-bond acceptors (Lipinski definition) is 6. The number of esters is 1. The van der Waals surface area contributed by atoms with Gasteiger partial charge in [-0.15, -0.1) is 0 Å². The van der Waals surface area contributed by atoms with Gasteiger partial charge in [-0.2, -0.15) is 0 Å². The molecule has 0 radical (unpaired) electrons. The standard InChI is InChI=1S/C19H21NO6/c1-20(14-9-7-6-8-13(14)19(22)26-5)18(21)12-10-15(23-2)17(25-4)16(11-12)24-3/h6-11H,1-5H3. The van der Waals surface area contributed by atoms with Crippen LogP contribution in [0.25, 0.3) is 0 Å². The fourth-order valence-electron chi connectivity index (χ4n) is 2.56. The lowest BCUT2D eigenvalue weighted by Gasteiger charge is -2.21. The molecule has 0 spiro atoms. The van der Waals surface area contributed by atoms with Gasteiger partial charge in [-0.25, -0.2) is 4.79 Å². The van der Waals surface area contributed by atoms with Crippen LogP contribution in [0.15, 0.2) is 36.4 Å². The molecule has 0 aliphatic carbocycles. The molecule has 0 saturated carbocycles. The Balaban J connectivity index is 2.48. The Labute approximate surface area is 152 Å². The Bertz CT molecular complexity index is 792. The molecule has 26 heavy (non-hydrogen) atoms. The summed E-state index contributed by atoms with van der Waals surface area (Å²) in [7, 11) is 7.30. The Morgan fingerprint density at radius 3 is 1.96 bits per heavy atom. The summed E-state index contributed by atoms with van der Waals surface area (Å²) in [6.07, 6.45) is 0. The number of methoxy groups -OCH3 is 4. The van der Waals surface area contributed by atoms with Gasteiger partial charge in [0.25, 0.3) is 5.91 Å². The van der Waals surface area contributed by atoms with E-state index in [1.54, 1.807) is 43.4 Å². The first-order chi connectivity index (χ1) is 12.5.